The Morgan fingerprint density at radius 1 is 1.29 bits per heavy atom. The maximum absolute atomic E-state index is 11.9. The van der Waals surface area contributed by atoms with Crippen molar-refractivity contribution in [2.45, 2.75) is 45.9 Å². The molecular formula is C17H22N2O2. The van der Waals surface area contributed by atoms with Gasteiger partial charge in [0.15, 0.2) is 0 Å². The van der Waals surface area contributed by atoms with Gasteiger partial charge in [-0.2, -0.15) is 0 Å². The quantitative estimate of drug-likeness (QED) is 0.878. The normalized spacial score (nSPS) is 13.1. The van der Waals surface area contributed by atoms with Crippen LogP contribution in [0, 0.1) is 0 Å². The number of carbonyl (C=O) groups excluding carboxylic acids is 1. The number of nitrogens with zero attached hydrogens (tertiary/aromatic N) is 1. The fourth-order valence-electron chi connectivity index (χ4n) is 2.05. The molecule has 1 unspecified atom stereocenters. The first-order valence-electron chi connectivity index (χ1n) is 7.16. The third-order valence-corrected chi connectivity index (χ3v) is 3.08. The first-order valence-corrected chi connectivity index (χ1v) is 7.16. The van der Waals surface area contributed by atoms with E-state index in [-0.39, 0.29) is 12.0 Å². The topological polar surface area (TPSA) is 51.2 Å². The van der Waals surface area contributed by atoms with Gasteiger partial charge in [-0.05, 0) is 39.3 Å². The second kappa shape index (κ2) is 6.22. The van der Waals surface area contributed by atoms with Crippen LogP contribution in [0.25, 0.3) is 10.9 Å². The minimum Gasteiger partial charge on any atom is -0.459 e. The molecule has 0 bridgehead atoms. The molecule has 0 saturated carbocycles. The van der Waals surface area contributed by atoms with Gasteiger partial charge in [-0.3, -0.25) is 9.78 Å². The molecule has 1 atom stereocenters. The lowest BCUT2D eigenvalue weighted by atomic mass is 10.1. The smallest absolute Gasteiger partial charge is 0.323 e. The van der Waals surface area contributed by atoms with E-state index in [1.807, 2.05) is 58.0 Å². The highest BCUT2D eigenvalue weighted by Gasteiger charge is 2.21. The highest BCUT2D eigenvalue weighted by atomic mass is 16.6. The molecule has 1 heterocycles. The maximum Gasteiger partial charge on any atom is 0.323 e. The fourth-order valence-corrected chi connectivity index (χ4v) is 2.05. The summed E-state index contributed by atoms with van der Waals surface area (Å²) in [5, 5.41) is 4.30. The number of pyridine rings is 1. The summed E-state index contributed by atoms with van der Waals surface area (Å²) in [7, 11) is 0. The zero-order valence-electron chi connectivity index (χ0n) is 13.0. The number of rotatable bonds is 4. The predicted octanol–water partition coefficient (Wildman–Crippen LogP) is 3.05. The van der Waals surface area contributed by atoms with Crippen molar-refractivity contribution in [1.29, 1.82) is 0 Å². The van der Waals surface area contributed by atoms with Gasteiger partial charge in [0.05, 0.1) is 5.52 Å². The molecule has 0 fully saturated rings. The van der Waals surface area contributed by atoms with E-state index in [0.717, 1.165) is 16.5 Å². The molecule has 0 saturated heterocycles. The van der Waals surface area contributed by atoms with Gasteiger partial charge in [0, 0.05) is 18.1 Å². The van der Waals surface area contributed by atoms with Crippen molar-refractivity contribution in [3.05, 3.63) is 42.1 Å². The number of hydrogen-bond donors (Lipinski definition) is 1. The van der Waals surface area contributed by atoms with Gasteiger partial charge >= 0.3 is 5.97 Å². The molecule has 0 radical (unpaired) electrons. The summed E-state index contributed by atoms with van der Waals surface area (Å²) < 4.78 is 5.36. The van der Waals surface area contributed by atoms with Crippen LogP contribution in [-0.2, 0) is 16.1 Å². The van der Waals surface area contributed by atoms with Crippen LogP contribution in [-0.4, -0.2) is 22.6 Å². The molecule has 4 nitrogen and oxygen atoms in total. The number of ether oxygens (including phenoxy) is 1. The molecule has 1 N–H and O–H groups in total. The van der Waals surface area contributed by atoms with Gasteiger partial charge in [-0.15, -0.1) is 0 Å². The minimum absolute atomic E-state index is 0.240. The van der Waals surface area contributed by atoms with Crippen LogP contribution < -0.4 is 5.32 Å². The third kappa shape index (κ3) is 4.26. The zero-order valence-corrected chi connectivity index (χ0v) is 13.0. The summed E-state index contributed by atoms with van der Waals surface area (Å²) in [5.41, 5.74) is 1.57. The van der Waals surface area contributed by atoms with Crippen LogP contribution in [0.1, 0.15) is 33.3 Å². The van der Waals surface area contributed by atoms with E-state index in [9.17, 15) is 4.79 Å². The number of para-hydroxylation sites is 1. The van der Waals surface area contributed by atoms with Crippen LogP contribution in [0.15, 0.2) is 36.5 Å². The van der Waals surface area contributed by atoms with E-state index in [1.165, 1.54) is 0 Å². The SMILES string of the molecule is CC(NCc1cccc2cccnc12)C(=O)OC(C)(C)C. The van der Waals surface area contributed by atoms with Crippen molar-refractivity contribution < 1.29 is 9.53 Å². The Bertz CT molecular complexity index is 627. The molecule has 4 heteroatoms. The van der Waals surface area contributed by atoms with Gasteiger partial charge in [0.25, 0.3) is 0 Å². The predicted molar refractivity (Wildman–Crippen MR) is 83.9 cm³/mol. The maximum atomic E-state index is 11.9. The van der Waals surface area contributed by atoms with Crippen molar-refractivity contribution in [3.8, 4) is 0 Å². The summed E-state index contributed by atoms with van der Waals surface area (Å²) >= 11 is 0. The van der Waals surface area contributed by atoms with Crippen LogP contribution in [0.3, 0.4) is 0 Å². The summed E-state index contributed by atoms with van der Waals surface area (Å²) in [6.45, 7) is 7.99. The van der Waals surface area contributed by atoms with E-state index < -0.39 is 5.60 Å². The molecule has 1 aromatic heterocycles. The highest BCUT2D eigenvalue weighted by Crippen LogP contribution is 2.16. The second-order valence-electron chi connectivity index (χ2n) is 6.13. The molecule has 1 aromatic carbocycles. The largest absolute Gasteiger partial charge is 0.459 e. The number of aromatic nitrogens is 1. The van der Waals surface area contributed by atoms with E-state index in [0.29, 0.717) is 6.54 Å². The second-order valence-corrected chi connectivity index (χ2v) is 6.13. The number of benzene rings is 1. The van der Waals surface area contributed by atoms with Crippen LogP contribution in [0.5, 0.6) is 0 Å². The van der Waals surface area contributed by atoms with Crippen molar-refractivity contribution in [3.63, 3.8) is 0 Å². The van der Waals surface area contributed by atoms with Crippen molar-refractivity contribution >= 4 is 16.9 Å². The van der Waals surface area contributed by atoms with Crippen LogP contribution >= 0.6 is 0 Å². The number of hydrogen-bond acceptors (Lipinski definition) is 4. The Hall–Kier alpha value is -1.94. The lowest BCUT2D eigenvalue weighted by Crippen LogP contribution is -2.38. The van der Waals surface area contributed by atoms with Gasteiger partial charge in [-0.1, -0.05) is 24.3 Å². The van der Waals surface area contributed by atoms with E-state index in [1.54, 1.807) is 6.20 Å². The standard InChI is InChI=1S/C17H22N2O2/c1-12(16(20)21-17(2,3)4)19-11-14-8-5-7-13-9-6-10-18-15(13)14/h5-10,12,19H,11H2,1-4H3. The molecule has 0 aliphatic carbocycles. The highest BCUT2D eigenvalue weighted by molar-refractivity contribution is 5.81. The monoisotopic (exact) mass is 286 g/mol. The Balaban J connectivity index is 2.03. The first kappa shape index (κ1) is 15.4. The molecule has 2 aromatic rings. The Morgan fingerprint density at radius 2 is 2.00 bits per heavy atom. The average Bonchev–Trinajstić information content (AvgIpc) is 2.42. The summed E-state index contributed by atoms with van der Waals surface area (Å²) in [6, 6.07) is 9.64. The summed E-state index contributed by atoms with van der Waals surface area (Å²) in [6.07, 6.45) is 1.78. The third-order valence-electron chi connectivity index (χ3n) is 3.08. The molecule has 0 aliphatic heterocycles. The first-order chi connectivity index (χ1) is 9.87. The lowest BCUT2D eigenvalue weighted by Gasteiger charge is -2.22. The Labute approximate surface area is 125 Å². The summed E-state index contributed by atoms with van der Waals surface area (Å²) in [4.78, 5) is 16.4. The van der Waals surface area contributed by atoms with Crippen LogP contribution in [0.4, 0.5) is 0 Å². The molecule has 0 spiro atoms. The van der Waals surface area contributed by atoms with E-state index in [4.69, 9.17) is 4.74 Å². The van der Waals surface area contributed by atoms with E-state index >= 15 is 0 Å². The molecule has 0 amide bonds. The number of carbonyl (C=O) groups is 1. The summed E-state index contributed by atoms with van der Waals surface area (Å²) in [5.74, 6) is -0.240. The van der Waals surface area contributed by atoms with Gasteiger partial charge < -0.3 is 10.1 Å². The fraction of sp³-hybridized carbons (Fsp3) is 0.412. The van der Waals surface area contributed by atoms with Gasteiger partial charge in [0.1, 0.15) is 11.6 Å². The molecule has 21 heavy (non-hydrogen) atoms. The van der Waals surface area contributed by atoms with Gasteiger partial charge in [-0.25, -0.2) is 0 Å². The lowest BCUT2D eigenvalue weighted by molar-refractivity contribution is -0.157. The average molecular weight is 286 g/mol. The van der Waals surface area contributed by atoms with Crippen molar-refractivity contribution in [2.24, 2.45) is 0 Å². The van der Waals surface area contributed by atoms with Gasteiger partial charge in [0.2, 0.25) is 0 Å². The number of fused-ring (bicyclic) bond motifs is 1. The Kier molecular flexibility index (Phi) is 4.58. The zero-order chi connectivity index (χ0) is 15.5. The molecule has 0 aliphatic rings. The number of esters is 1. The van der Waals surface area contributed by atoms with Crippen molar-refractivity contribution in [1.82, 2.24) is 10.3 Å². The number of nitrogens with one attached hydrogen (secondary N) is 1. The Morgan fingerprint density at radius 3 is 2.71 bits per heavy atom. The minimum atomic E-state index is -0.464. The molecule has 2 rings (SSSR count). The molecular weight excluding hydrogens is 264 g/mol. The van der Waals surface area contributed by atoms with Crippen molar-refractivity contribution in [2.75, 3.05) is 0 Å². The van der Waals surface area contributed by atoms with Crippen LogP contribution in [0.2, 0.25) is 0 Å². The van der Waals surface area contributed by atoms with E-state index in [2.05, 4.69) is 10.3 Å². The molecule has 112 valence electrons.